The highest BCUT2D eigenvalue weighted by Crippen LogP contribution is 2.34. The molecule has 4 rings (SSSR count). The third-order valence-corrected chi connectivity index (χ3v) is 5.67. The normalized spacial score (nSPS) is 31.4. The van der Waals surface area contributed by atoms with Crippen LogP contribution in [0.1, 0.15) is 27.7 Å². The van der Waals surface area contributed by atoms with Gasteiger partial charge in [0.25, 0.3) is 11.8 Å². The lowest BCUT2D eigenvalue weighted by Crippen LogP contribution is -2.55. The molecule has 6 amide bonds. The van der Waals surface area contributed by atoms with Crippen molar-refractivity contribution in [3.63, 3.8) is 0 Å². The zero-order valence-corrected chi connectivity index (χ0v) is 15.9. The Bertz CT molecular complexity index is 667. The Morgan fingerprint density at radius 1 is 0.778 bits per heavy atom. The number of hydrogen-bond donors (Lipinski definition) is 0. The average Bonchev–Trinajstić information content (AvgIpc) is 3.49. The van der Waals surface area contributed by atoms with Gasteiger partial charge in [-0.05, 0) is 27.7 Å². The molecule has 0 bridgehead atoms. The van der Waals surface area contributed by atoms with Gasteiger partial charge in [0.1, 0.15) is 17.7 Å². The van der Waals surface area contributed by atoms with Crippen molar-refractivity contribution in [1.82, 2.24) is 19.6 Å². The van der Waals surface area contributed by atoms with Crippen LogP contribution in [0.25, 0.3) is 0 Å². The number of nitrogens with zero attached hydrogens (tertiary/aromatic N) is 4. The second kappa shape index (κ2) is 5.65. The number of amides is 6. The van der Waals surface area contributed by atoms with Crippen LogP contribution < -0.4 is 0 Å². The number of hydrogen-bond acceptors (Lipinski definition) is 6. The number of epoxide rings is 2. The van der Waals surface area contributed by atoms with Crippen LogP contribution in [-0.4, -0.2) is 99.7 Å². The molecule has 148 valence electrons. The van der Waals surface area contributed by atoms with E-state index in [1.54, 1.807) is 27.7 Å². The Morgan fingerprint density at radius 3 is 1.41 bits per heavy atom. The van der Waals surface area contributed by atoms with Gasteiger partial charge in [0.05, 0.1) is 38.5 Å². The highest BCUT2D eigenvalue weighted by Gasteiger charge is 2.58. The molecule has 4 saturated heterocycles. The van der Waals surface area contributed by atoms with Crippen molar-refractivity contribution in [1.29, 1.82) is 0 Å². The lowest BCUT2D eigenvalue weighted by atomic mass is 10.0. The summed E-state index contributed by atoms with van der Waals surface area (Å²) in [4.78, 5) is 56.2. The van der Waals surface area contributed by atoms with Crippen molar-refractivity contribution in [3.8, 4) is 0 Å². The summed E-state index contributed by atoms with van der Waals surface area (Å²) >= 11 is 0. The first-order valence-corrected chi connectivity index (χ1v) is 9.05. The Hall–Kier alpha value is -2.20. The monoisotopic (exact) mass is 380 g/mol. The molecule has 27 heavy (non-hydrogen) atoms. The van der Waals surface area contributed by atoms with E-state index >= 15 is 0 Å². The van der Waals surface area contributed by atoms with Gasteiger partial charge in [-0.2, -0.15) is 0 Å². The smallest absolute Gasteiger partial charge is 0.329 e. The largest absolute Gasteiger partial charge is 0.371 e. The van der Waals surface area contributed by atoms with Crippen LogP contribution in [0.2, 0.25) is 0 Å². The van der Waals surface area contributed by atoms with E-state index in [0.29, 0.717) is 13.2 Å². The minimum absolute atomic E-state index is 0.117. The molecule has 0 aromatic carbocycles. The molecule has 0 N–H and O–H groups in total. The summed E-state index contributed by atoms with van der Waals surface area (Å²) in [5.74, 6) is -0.663. The summed E-state index contributed by atoms with van der Waals surface area (Å²) in [6.45, 7) is 7.91. The van der Waals surface area contributed by atoms with Gasteiger partial charge in [-0.25, -0.2) is 9.59 Å². The third-order valence-electron chi connectivity index (χ3n) is 5.67. The predicted octanol–water partition coefficient (Wildman–Crippen LogP) is -0.173. The van der Waals surface area contributed by atoms with Crippen LogP contribution in [0.5, 0.6) is 0 Å². The number of urea groups is 2. The molecule has 4 fully saturated rings. The van der Waals surface area contributed by atoms with Gasteiger partial charge >= 0.3 is 12.1 Å². The Kier molecular flexibility index (Phi) is 3.80. The first-order chi connectivity index (χ1) is 12.5. The summed E-state index contributed by atoms with van der Waals surface area (Å²) in [6, 6.07) is -0.943. The Labute approximate surface area is 156 Å². The van der Waals surface area contributed by atoms with E-state index in [1.807, 2.05) is 0 Å². The maximum atomic E-state index is 12.9. The number of carbonyl (C=O) groups is 4. The summed E-state index contributed by atoms with van der Waals surface area (Å²) in [5, 5.41) is 0. The molecule has 2 atom stereocenters. The fourth-order valence-corrected chi connectivity index (χ4v) is 3.53. The average molecular weight is 380 g/mol. The molecule has 4 heterocycles. The second-order valence-electron chi connectivity index (χ2n) is 8.42. The quantitative estimate of drug-likeness (QED) is 0.468. The van der Waals surface area contributed by atoms with Crippen LogP contribution in [0.15, 0.2) is 0 Å². The molecule has 4 aliphatic heterocycles. The van der Waals surface area contributed by atoms with Crippen molar-refractivity contribution in [2.45, 2.75) is 51.0 Å². The second-order valence-corrected chi connectivity index (χ2v) is 8.42. The van der Waals surface area contributed by atoms with Crippen molar-refractivity contribution in [2.75, 3.05) is 33.0 Å². The number of ether oxygens (including phenoxy) is 2. The first kappa shape index (κ1) is 18.2. The zero-order valence-electron chi connectivity index (χ0n) is 15.9. The van der Waals surface area contributed by atoms with Gasteiger partial charge in [-0.15, -0.1) is 0 Å². The zero-order chi connectivity index (χ0) is 19.7. The van der Waals surface area contributed by atoms with Crippen LogP contribution in [0.3, 0.4) is 0 Å². The molecule has 0 saturated carbocycles. The third kappa shape index (κ3) is 2.78. The molecule has 10 heteroatoms. The Morgan fingerprint density at radius 2 is 1.11 bits per heavy atom. The summed E-state index contributed by atoms with van der Waals surface area (Å²) in [7, 11) is 0. The summed E-state index contributed by atoms with van der Waals surface area (Å²) in [6.07, 6.45) is -0.233. The number of imide groups is 2. The molecule has 0 unspecified atom stereocenters. The molecule has 10 nitrogen and oxygen atoms in total. The molecule has 0 aromatic heterocycles. The van der Waals surface area contributed by atoms with Crippen molar-refractivity contribution in [2.24, 2.45) is 0 Å². The summed E-state index contributed by atoms with van der Waals surface area (Å²) < 4.78 is 10.3. The topological polar surface area (TPSA) is 106 Å². The van der Waals surface area contributed by atoms with E-state index < -0.39 is 23.1 Å². The van der Waals surface area contributed by atoms with Gasteiger partial charge in [0.15, 0.2) is 0 Å². The number of carbonyl (C=O) groups excluding carboxylic acids is 4. The molecule has 0 aliphatic carbocycles. The van der Waals surface area contributed by atoms with Gasteiger partial charge < -0.3 is 9.47 Å². The lowest BCUT2D eigenvalue weighted by molar-refractivity contribution is -0.133. The Balaban J connectivity index is 1.56. The maximum Gasteiger partial charge on any atom is 0.329 e. The van der Waals surface area contributed by atoms with Crippen molar-refractivity contribution >= 4 is 23.9 Å². The minimum Gasteiger partial charge on any atom is -0.371 e. The van der Waals surface area contributed by atoms with Crippen LogP contribution in [0, 0.1) is 0 Å². The van der Waals surface area contributed by atoms with E-state index in [2.05, 4.69) is 0 Å². The highest BCUT2D eigenvalue weighted by molar-refractivity contribution is 6.08. The maximum absolute atomic E-state index is 12.9. The minimum atomic E-state index is -1.11. The SMILES string of the molecule is CC1(C)C(=O)N(C[C@H]2CO2)C(=O)N1CN1C(=O)N(C[C@@H]2CO2)C(=O)C1(C)C. The van der Waals surface area contributed by atoms with Crippen molar-refractivity contribution in [3.05, 3.63) is 0 Å². The van der Waals surface area contributed by atoms with E-state index in [0.717, 1.165) is 0 Å². The fourth-order valence-electron chi connectivity index (χ4n) is 3.53. The van der Waals surface area contributed by atoms with E-state index in [9.17, 15) is 19.2 Å². The molecular weight excluding hydrogens is 356 g/mol. The predicted molar refractivity (Wildman–Crippen MR) is 90.4 cm³/mol. The lowest BCUT2D eigenvalue weighted by Gasteiger charge is -2.36. The highest BCUT2D eigenvalue weighted by atomic mass is 16.6. The summed E-state index contributed by atoms with van der Waals surface area (Å²) in [5.41, 5.74) is -2.23. The molecule has 0 spiro atoms. The van der Waals surface area contributed by atoms with Gasteiger partial charge in [0, 0.05) is 0 Å². The molecule has 0 radical (unpaired) electrons. The molecule has 4 aliphatic rings. The first-order valence-electron chi connectivity index (χ1n) is 9.05. The standard InChI is InChI=1S/C17H24N4O6/c1-16(2)12(22)18(5-10-7-26-10)14(24)20(16)9-21-15(25)19(6-11-8-27-11)13(23)17(21,3)4/h10-11H,5-9H2,1-4H3/t10-,11+. The van der Waals surface area contributed by atoms with E-state index in [-0.39, 0.29) is 43.8 Å². The van der Waals surface area contributed by atoms with Crippen molar-refractivity contribution < 1.29 is 28.7 Å². The van der Waals surface area contributed by atoms with Crippen LogP contribution in [0.4, 0.5) is 9.59 Å². The van der Waals surface area contributed by atoms with Crippen LogP contribution >= 0.6 is 0 Å². The molecular formula is C17H24N4O6. The van der Waals surface area contributed by atoms with Crippen LogP contribution in [-0.2, 0) is 19.1 Å². The van der Waals surface area contributed by atoms with E-state index in [4.69, 9.17) is 9.47 Å². The van der Waals surface area contributed by atoms with Gasteiger partial charge in [-0.1, -0.05) is 0 Å². The molecule has 0 aromatic rings. The van der Waals surface area contributed by atoms with Gasteiger partial charge in [0.2, 0.25) is 0 Å². The number of rotatable bonds is 6. The fraction of sp³-hybridized carbons (Fsp3) is 0.765. The van der Waals surface area contributed by atoms with E-state index in [1.165, 1.54) is 19.6 Å². The van der Waals surface area contributed by atoms with Gasteiger partial charge in [-0.3, -0.25) is 29.2 Å².